The average molecular weight is 410 g/mol. The monoisotopic (exact) mass is 410 g/mol. The predicted octanol–water partition coefficient (Wildman–Crippen LogP) is 1.28. The maximum Gasteiger partial charge on any atom is 0.343 e. The van der Waals surface area contributed by atoms with Gasteiger partial charge in [-0.3, -0.25) is 9.59 Å². The van der Waals surface area contributed by atoms with Gasteiger partial charge in [0.05, 0.1) is 17.3 Å². The number of carbonyl (C=O) groups is 3. The minimum Gasteiger partial charge on any atom is -0.461 e. The van der Waals surface area contributed by atoms with Crippen LogP contribution in [0, 0.1) is 0 Å². The number of fused-ring (bicyclic) bond motifs is 3. The summed E-state index contributed by atoms with van der Waals surface area (Å²) >= 11 is 0. The van der Waals surface area contributed by atoms with Gasteiger partial charge in [-0.05, 0) is 26.3 Å². The molecule has 9 heteroatoms. The van der Waals surface area contributed by atoms with Crippen LogP contribution in [0.5, 0.6) is 0 Å². The van der Waals surface area contributed by atoms with Gasteiger partial charge in [-0.1, -0.05) is 0 Å². The molecule has 0 aliphatic carbocycles. The second kappa shape index (κ2) is 7.23. The minimum absolute atomic E-state index is 0.0389. The number of ether oxygens (including phenoxy) is 5. The van der Waals surface area contributed by atoms with Gasteiger partial charge in [-0.25, -0.2) is 4.79 Å². The van der Waals surface area contributed by atoms with Crippen LogP contribution >= 0.6 is 0 Å². The van der Waals surface area contributed by atoms with Crippen molar-refractivity contribution in [3.8, 4) is 0 Å². The largest absolute Gasteiger partial charge is 0.461 e. The van der Waals surface area contributed by atoms with Crippen LogP contribution in [0.4, 0.5) is 0 Å². The second-order valence-corrected chi connectivity index (χ2v) is 7.99. The summed E-state index contributed by atoms with van der Waals surface area (Å²) in [6, 6.07) is 0. The molecule has 0 aromatic heterocycles. The van der Waals surface area contributed by atoms with Gasteiger partial charge < -0.3 is 28.8 Å². The lowest BCUT2D eigenvalue weighted by Gasteiger charge is -2.45. The summed E-state index contributed by atoms with van der Waals surface area (Å²) in [4.78, 5) is 35.5. The Morgan fingerprint density at radius 1 is 1.24 bits per heavy atom. The summed E-state index contributed by atoms with van der Waals surface area (Å²) in [5.74, 6) is -3.00. The Balaban J connectivity index is 2.14. The maximum atomic E-state index is 12.4. The number of rotatable bonds is 4. The third kappa shape index (κ3) is 3.70. The van der Waals surface area contributed by atoms with E-state index in [-0.39, 0.29) is 29.9 Å². The Morgan fingerprint density at radius 3 is 2.52 bits per heavy atom. The Morgan fingerprint density at radius 2 is 1.93 bits per heavy atom. The predicted molar refractivity (Wildman–Crippen MR) is 97.1 cm³/mol. The van der Waals surface area contributed by atoms with Gasteiger partial charge in [0.2, 0.25) is 5.79 Å². The van der Waals surface area contributed by atoms with Crippen LogP contribution in [0.3, 0.4) is 0 Å². The summed E-state index contributed by atoms with van der Waals surface area (Å²) in [5.41, 5.74) is -2.03. The summed E-state index contributed by atoms with van der Waals surface area (Å²) in [6.45, 7) is 5.56. The van der Waals surface area contributed by atoms with Gasteiger partial charge in [0, 0.05) is 39.4 Å². The van der Waals surface area contributed by atoms with Crippen molar-refractivity contribution in [3.05, 3.63) is 23.0 Å². The van der Waals surface area contributed by atoms with Crippen molar-refractivity contribution >= 4 is 17.9 Å². The van der Waals surface area contributed by atoms with Gasteiger partial charge in [-0.2, -0.15) is 0 Å². The van der Waals surface area contributed by atoms with Crippen molar-refractivity contribution in [3.63, 3.8) is 0 Å². The van der Waals surface area contributed by atoms with Crippen LogP contribution in [0.25, 0.3) is 0 Å². The molecule has 1 fully saturated rings. The van der Waals surface area contributed by atoms with Crippen molar-refractivity contribution in [2.75, 3.05) is 13.7 Å². The molecule has 0 unspecified atom stereocenters. The Hall–Kier alpha value is -2.23. The molecule has 0 spiro atoms. The molecule has 9 nitrogen and oxygen atoms in total. The normalized spacial score (nSPS) is 38.2. The summed E-state index contributed by atoms with van der Waals surface area (Å²) in [5, 5.41) is 11.1. The molecular formula is C20H26O9. The summed E-state index contributed by atoms with van der Waals surface area (Å²) in [6.07, 6.45) is 1.13. The number of hydrogen-bond acceptors (Lipinski definition) is 9. The molecule has 0 amide bonds. The van der Waals surface area contributed by atoms with Crippen molar-refractivity contribution in [1.82, 2.24) is 0 Å². The Bertz CT molecular complexity index is 813. The molecule has 4 atom stereocenters. The third-order valence-electron chi connectivity index (χ3n) is 5.66. The maximum absolute atomic E-state index is 12.4. The number of aliphatic hydroxyl groups is 1. The van der Waals surface area contributed by atoms with Crippen LogP contribution in [-0.4, -0.2) is 59.8 Å². The Kier molecular flexibility index (Phi) is 5.35. The summed E-state index contributed by atoms with van der Waals surface area (Å²) in [7, 11) is 1.46. The molecule has 1 saturated heterocycles. The van der Waals surface area contributed by atoms with E-state index in [1.165, 1.54) is 21.0 Å². The van der Waals surface area contributed by atoms with E-state index in [1.54, 1.807) is 19.9 Å². The van der Waals surface area contributed by atoms with Crippen molar-refractivity contribution < 1.29 is 43.2 Å². The number of esters is 3. The quantitative estimate of drug-likeness (QED) is 0.540. The average Bonchev–Trinajstić information content (AvgIpc) is 3.10. The van der Waals surface area contributed by atoms with Crippen LogP contribution in [0.2, 0.25) is 0 Å². The zero-order chi connectivity index (χ0) is 21.6. The van der Waals surface area contributed by atoms with E-state index in [2.05, 4.69) is 0 Å². The number of carbonyl (C=O) groups excluding carboxylic acids is 3. The fourth-order valence-corrected chi connectivity index (χ4v) is 4.32. The lowest BCUT2D eigenvalue weighted by molar-refractivity contribution is -0.313. The molecule has 1 N–H and O–H groups in total. The van der Waals surface area contributed by atoms with Gasteiger partial charge >= 0.3 is 17.9 Å². The van der Waals surface area contributed by atoms with Crippen molar-refractivity contribution in [2.45, 2.75) is 70.1 Å². The highest BCUT2D eigenvalue weighted by Gasteiger charge is 2.62. The minimum atomic E-state index is -1.36. The number of methoxy groups -OCH3 is 1. The highest BCUT2D eigenvalue weighted by molar-refractivity contribution is 5.95. The van der Waals surface area contributed by atoms with E-state index in [0.717, 1.165) is 0 Å². The van der Waals surface area contributed by atoms with E-state index < -0.39 is 41.0 Å². The van der Waals surface area contributed by atoms with E-state index in [4.69, 9.17) is 23.7 Å². The third-order valence-corrected chi connectivity index (χ3v) is 5.66. The first-order chi connectivity index (χ1) is 13.4. The molecule has 2 bridgehead atoms. The van der Waals surface area contributed by atoms with E-state index in [1.807, 2.05) is 0 Å². The standard InChI is InChI=1S/C20H26O9/c1-11(21)26-10-13-16-14(23)8-19(4,28-12(2)22)20(25-5)7-6-18(3,29-20)9-15(16)27-17(13)24/h9,14,23H,6-8,10H2,1-5H3/b15-9+/t14-,18-,19+,20+/m1/s1. The highest BCUT2D eigenvalue weighted by Crippen LogP contribution is 2.51. The second-order valence-electron chi connectivity index (χ2n) is 7.99. The van der Waals surface area contributed by atoms with Crippen molar-refractivity contribution in [1.29, 1.82) is 0 Å². The smallest absolute Gasteiger partial charge is 0.343 e. The molecule has 3 rings (SSSR count). The molecule has 3 heterocycles. The van der Waals surface area contributed by atoms with Gasteiger partial charge in [0.15, 0.2) is 5.60 Å². The van der Waals surface area contributed by atoms with E-state index >= 15 is 0 Å². The van der Waals surface area contributed by atoms with Crippen LogP contribution < -0.4 is 0 Å². The van der Waals surface area contributed by atoms with Crippen LogP contribution in [0.15, 0.2) is 23.0 Å². The molecule has 0 radical (unpaired) electrons. The van der Waals surface area contributed by atoms with E-state index in [9.17, 15) is 19.5 Å². The van der Waals surface area contributed by atoms with Gasteiger partial charge in [-0.15, -0.1) is 0 Å². The lowest BCUT2D eigenvalue weighted by atomic mass is 9.82. The number of aliphatic hydroxyl groups excluding tert-OH is 1. The van der Waals surface area contributed by atoms with Gasteiger partial charge in [0.25, 0.3) is 0 Å². The van der Waals surface area contributed by atoms with E-state index in [0.29, 0.717) is 12.8 Å². The first-order valence-electron chi connectivity index (χ1n) is 9.39. The topological polar surface area (TPSA) is 118 Å². The molecule has 160 valence electrons. The fraction of sp³-hybridized carbons (Fsp3) is 0.650. The summed E-state index contributed by atoms with van der Waals surface area (Å²) < 4.78 is 27.9. The first kappa shape index (κ1) is 21.5. The lowest BCUT2D eigenvalue weighted by Crippen LogP contribution is -2.58. The number of hydrogen-bond donors (Lipinski definition) is 1. The molecule has 0 aromatic rings. The molecule has 0 saturated carbocycles. The molecule has 3 aliphatic heterocycles. The molecule has 0 aromatic carbocycles. The van der Waals surface area contributed by atoms with Gasteiger partial charge in [0.1, 0.15) is 12.4 Å². The highest BCUT2D eigenvalue weighted by atomic mass is 16.7. The molecule has 3 aliphatic rings. The van der Waals surface area contributed by atoms with Crippen LogP contribution in [-0.2, 0) is 38.1 Å². The zero-order valence-corrected chi connectivity index (χ0v) is 17.2. The SMILES string of the molecule is CO[C@]12CC[C@](C)(/C=C3/OC(=O)C(COC(C)=O)=C3[C@H](O)C[C@]1(C)OC(C)=O)O2. The molecular weight excluding hydrogens is 384 g/mol. The Labute approximate surface area is 168 Å². The van der Waals surface area contributed by atoms with Crippen LogP contribution in [0.1, 0.15) is 47.0 Å². The van der Waals surface area contributed by atoms with Crippen molar-refractivity contribution in [2.24, 2.45) is 0 Å². The fourth-order valence-electron chi connectivity index (χ4n) is 4.32. The first-order valence-corrected chi connectivity index (χ1v) is 9.39. The zero-order valence-electron chi connectivity index (χ0n) is 17.2. The molecule has 29 heavy (non-hydrogen) atoms.